The SMILES string of the molecule is O=C(Nc1ccc(Br)cc1-c1nc2ccccc2s1)c1ccc(Cl)cc1Cl. The van der Waals surface area contributed by atoms with Crippen LogP contribution in [0.5, 0.6) is 0 Å². The average Bonchev–Trinajstić information content (AvgIpc) is 3.07. The van der Waals surface area contributed by atoms with Crippen molar-refractivity contribution in [1.29, 1.82) is 0 Å². The van der Waals surface area contributed by atoms with Crippen LogP contribution in [-0.2, 0) is 0 Å². The van der Waals surface area contributed by atoms with Crippen molar-refractivity contribution in [3.05, 3.63) is 80.7 Å². The van der Waals surface area contributed by atoms with E-state index in [9.17, 15) is 4.79 Å². The average molecular weight is 478 g/mol. The fourth-order valence-electron chi connectivity index (χ4n) is 2.65. The van der Waals surface area contributed by atoms with E-state index < -0.39 is 0 Å². The van der Waals surface area contributed by atoms with E-state index in [4.69, 9.17) is 28.2 Å². The monoisotopic (exact) mass is 476 g/mol. The molecule has 0 fully saturated rings. The molecule has 0 saturated heterocycles. The molecule has 4 aromatic rings. The third kappa shape index (κ3) is 3.87. The van der Waals surface area contributed by atoms with Gasteiger partial charge in [-0.2, -0.15) is 0 Å². The van der Waals surface area contributed by atoms with Crippen LogP contribution in [0.1, 0.15) is 10.4 Å². The molecule has 1 N–H and O–H groups in total. The standard InChI is InChI=1S/C20H11BrCl2N2OS/c21-11-5-8-16(24-19(26)13-7-6-12(22)10-15(13)23)14(9-11)20-25-17-3-1-2-4-18(17)27-20/h1-10H,(H,24,26). The first-order chi connectivity index (χ1) is 13.0. The highest BCUT2D eigenvalue weighted by molar-refractivity contribution is 9.10. The Hall–Kier alpha value is -1.92. The van der Waals surface area contributed by atoms with E-state index in [0.29, 0.717) is 21.3 Å². The second kappa shape index (κ2) is 7.60. The molecule has 1 aromatic heterocycles. The number of halogens is 3. The summed E-state index contributed by atoms with van der Waals surface area (Å²) in [6, 6.07) is 18.4. The number of para-hydroxylation sites is 1. The number of carbonyl (C=O) groups excluding carboxylic acids is 1. The zero-order valence-electron chi connectivity index (χ0n) is 13.7. The summed E-state index contributed by atoms with van der Waals surface area (Å²) in [5.74, 6) is -0.304. The molecule has 0 spiro atoms. The quantitative estimate of drug-likeness (QED) is 0.336. The molecule has 0 aliphatic heterocycles. The third-order valence-electron chi connectivity index (χ3n) is 3.93. The van der Waals surface area contributed by atoms with Crippen LogP contribution >= 0.6 is 50.5 Å². The maximum Gasteiger partial charge on any atom is 0.257 e. The number of benzene rings is 3. The summed E-state index contributed by atoms with van der Waals surface area (Å²) >= 11 is 17.1. The first kappa shape index (κ1) is 18.4. The molecule has 134 valence electrons. The van der Waals surface area contributed by atoms with Crippen molar-refractivity contribution in [3.8, 4) is 10.6 Å². The van der Waals surface area contributed by atoms with Crippen molar-refractivity contribution < 1.29 is 4.79 Å². The van der Waals surface area contributed by atoms with Crippen LogP contribution in [0.15, 0.2) is 65.1 Å². The second-order valence-electron chi connectivity index (χ2n) is 5.75. The van der Waals surface area contributed by atoms with Crippen LogP contribution in [-0.4, -0.2) is 10.9 Å². The molecule has 7 heteroatoms. The van der Waals surface area contributed by atoms with Crippen LogP contribution in [0.2, 0.25) is 10.0 Å². The Kier molecular flexibility index (Phi) is 5.19. The summed E-state index contributed by atoms with van der Waals surface area (Å²) in [5, 5.41) is 4.55. The highest BCUT2D eigenvalue weighted by atomic mass is 79.9. The Labute approximate surface area is 178 Å². The van der Waals surface area contributed by atoms with E-state index in [-0.39, 0.29) is 5.91 Å². The van der Waals surface area contributed by atoms with E-state index in [1.54, 1.807) is 29.5 Å². The van der Waals surface area contributed by atoms with Crippen LogP contribution in [0.3, 0.4) is 0 Å². The van der Waals surface area contributed by atoms with Gasteiger partial charge in [-0.25, -0.2) is 4.98 Å². The van der Waals surface area contributed by atoms with Crippen molar-refractivity contribution in [2.45, 2.75) is 0 Å². The predicted octanol–water partition coefficient (Wildman–Crippen LogP) is 7.28. The van der Waals surface area contributed by atoms with Gasteiger partial charge in [0, 0.05) is 15.1 Å². The molecule has 0 atom stereocenters. The molecular weight excluding hydrogens is 467 g/mol. The zero-order valence-corrected chi connectivity index (χ0v) is 17.6. The third-order valence-corrected chi connectivity index (χ3v) is 6.04. The molecule has 0 radical (unpaired) electrons. The minimum atomic E-state index is -0.304. The number of amides is 1. The number of rotatable bonds is 3. The van der Waals surface area contributed by atoms with Crippen LogP contribution in [0, 0.1) is 0 Å². The Balaban J connectivity index is 1.74. The maximum atomic E-state index is 12.7. The number of hydrogen-bond acceptors (Lipinski definition) is 3. The largest absolute Gasteiger partial charge is 0.321 e. The van der Waals surface area contributed by atoms with Gasteiger partial charge in [-0.05, 0) is 48.5 Å². The minimum Gasteiger partial charge on any atom is -0.321 e. The molecule has 3 aromatic carbocycles. The van der Waals surface area contributed by atoms with Crippen molar-refractivity contribution in [3.63, 3.8) is 0 Å². The zero-order chi connectivity index (χ0) is 19.0. The van der Waals surface area contributed by atoms with Gasteiger partial charge < -0.3 is 5.32 Å². The van der Waals surface area contributed by atoms with Gasteiger partial charge in [-0.1, -0.05) is 51.3 Å². The predicted molar refractivity (Wildman–Crippen MR) is 117 cm³/mol. The summed E-state index contributed by atoms with van der Waals surface area (Å²) in [6.07, 6.45) is 0. The van der Waals surface area contributed by atoms with E-state index in [1.807, 2.05) is 42.5 Å². The normalized spacial score (nSPS) is 10.9. The van der Waals surface area contributed by atoms with Gasteiger partial charge >= 0.3 is 0 Å². The topological polar surface area (TPSA) is 42.0 Å². The number of thiazole rings is 1. The Morgan fingerprint density at radius 2 is 1.85 bits per heavy atom. The summed E-state index contributed by atoms with van der Waals surface area (Å²) in [5.41, 5.74) is 2.78. The number of fused-ring (bicyclic) bond motifs is 1. The van der Waals surface area contributed by atoms with E-state index in [2.05, 4.69) is 21.2 Å². The number of aromatic nitrogens is 1. The van der Waals surface area contributed by atoms with Gasteiger partial charge in [0.1, 0.15) is 5.01 Å². The lowest BCUT2D eigenvalue weighted by Gasteiger charge is -2.11. The Morgan fingerprint density at radius 3 is 2.63 bits per heavy atom. The molecular formula is C20H11BrCl2N2OS. The molecule has 1 amide bonds. The molecule has 0 aliphatic rings. The fourth-order valence-corrected chi connectivity index (χ4v) is 4.50. The molecule has 0 bridgehead atoms. The van der Waals surface area contributed by atoms with Crippen molar-refractivity contribution in [2.24, 2.45) is 0 Å². The molecule has 0 aliphatic carbocycles. The number of nitrogens with zero attached hydrogens (tertiary/aromatic N) is 1. The van der Waals surface area contributed by atoms with Crippen LogP contribution in [0.4, 0.5) is 5.69 Å². The molecule has 1 heterocycles. The van der Waals surface area contributed by atoms with Crippen LogP contribution < -0.4 is 5.32 Å². The van der Waals surface area contributed by atoms with Crippen molar-refractivity contribution >= 4 is 72.3 Å². The number of carbonyl (C=O) groups is 1. The smallest absolute Gasteiger partial charge is 0.257 e. The molecule has 27 heavy (non-hydrogen) atoms. The van der Waals surface area contributed by atoms with Crippen molar-refractivity contribution in [1.82, 2.24) is 4.98 Å². The first-order valence-corrected chi connectivity index (χ1v) is 10.3. The Bertz CT molecular complexity index is 1140. The lowest BCUT2D eigenvalue weighted by Crippen LogP contribution is -2.13. The minimum absolute atomic E-state index is 0.304. The lowest BCUT2D eigenvalue weighted by molar-refractivity contribution is 0.102. The summed E-state index contributed by atoms with van der Waals surface area (Å²) in [6.45, 7) is 0. The first-order valence-electron chi connectivity index (χ1n) is 7.93. The molecule has 0 unspecified atom stereocenters. The summed E-state index contributed by atoms with van der Waals surface area (Å²) in [4.78, 5) is 17.4. The van der Waals surface area contributed by atoms with Gasteiger partial charge in [-0.15, -0.1) is 11.3 Å². The summed E-state index contributed by atoms with van der Waals surface area (Å²) < 4.78 is 1.99. The van der Waals surface area contributed by atoms with Crippen LogP contribution in [0.25, 0.3) is 20.8 Å². The number of nitrogens with one attached hydrogen (secondary N) is 1. The molecule has 4 rings (SSSR count). The van der Waals surface area contributed by atoms with E-state index >= 15 is 0 Å². The lowest BCUT2D eigenvalue weighted by atomic mass is 10.1. The maximum absolute atomic E-state index is 12.7. The number of anilines is 1. The molecule has 3 nitrogen and oxygen atoms in total. The Morgan fingerprint density at radius 1 is 1.04 bits per heavy atom. The highest BCUT2D eigenvalue weighted by Crippen LogP contribution is 2.36. The second-order valence-corrected chi connectivity index (χ2v) is 8.54. The number of hydrogen-bond donors (Lipinski definition) is 1. The van der Waals surface area contributed by atoms with Gasteiger partial charge in [0.2, 0.25) is 0 Å². The summed E-state index contributed by atoms with van der Waals surface area (Å²) in [7, 11) is 0. The van der Waals surface area contributed by atoms with Crippen molar-refractivity contribution in [2.75, 3.05) is 5.32 Å². The highest BCUT2D eigenvalue weighted by Gasteiger charge is 2.16. The van der Waals surface area contributed by atoms with Gasteiger partial charge in [-0.3, -0.25) is 4.79 Å². The van der Waals surface area contributed by atoms with E-state index in [0.717, 1.165) is 25.3 Å². The van der Waals surface area contributed by atoms with Gasteiger partial charge in [0.15, 0.2) is 0 Å². The van der Waals surface area contributed by atoms with Gasteiger partial charge in [0.05, 0.1) is 26.5 Å². The molecule has 0 saturated carbocycles. The van der Waals surface area contributed by atoms with Gasteiger partial charge in [0.25, 0.3) is 5.91 Å². The fraction of sp³-hybridized carbons (Fsp3) is 0. The van der Waals surface area contributed by atoms with E-state index in [1.165, 1.54) is 0 Å².